The van der Waals surface area contributed by atoms with Crippen LogP contribution in [-0.2, 0) is 6.42 Å². The Balaban J connectivity index is 2.23. The number of aromatic nitrogens is 1. The van der Waals surface area contributed by atoms with Crippen LogP contribution in [0.5, 0.6) is 0 Å². The van der Waals surface area contributed by atoms with E-state index in [1.807, 2.05) is 6.07 Å². The zero-order valence-electron chi connectivity index (χ0n) is 6.87. The van der Waals surface area contributed by atoms with Crippen molar-refractivity contribution < 1.29 is 8.83 Å². The fourth-order valence-electron chi connectivity index (χ4n) is 1.04. The van der Waals surface area contributed by atoms with Gasteiger partial charge in [-0.25, -0.2) is 4.98 Å². The summed E-state index contributed by atoms with van der Waals surface area (Å²) in [7, 11) is 0. The van der Waals surface area contributed by atoms with Crippen molar-refractivity contribution in [1.29, 1.82) is 0 Å². The maximum absolute atomic E-state index is 5.55. The molecule has 0 aliphatic carbocycles. The Morgan fingerprint density at radius 1 is 1.46 bits per heavy atom. The first kappa shape index (κ1) is 8.38. The molecule has 0 bridgehead atoms. The monoisotopic (exact) mass is 197 g/mol. The van der Waals surface area contributed by atoms with Gasteiger partial charge >= 0.3 is 0 Å². The molecule has 0 radical (unpaired) electrons. The topological polar surface area (TPSA) is 39.2 Å². The Labute approximate surface area is 80.3 Å². The van der Waals surface area contributed by atoms with Gasteiger partial charge in [0.1, 0.15) is 6.26 Å². The molecule has 13 heavy (non-hydrogen) atoms. The van der Waals surface area contributed by atoms with Gasteiger partial charge in [0, 0.05) is 12.3 Å². The molecule has 0 aromatic carbocycles. The number of oxazole rings is 1. The van der Waals surface area contributed by atoms with Crippen molar-refractivity contribution in [3.05, 3.63) is 30.7 Å². The predicted octanol–water partition coefficient (Wildman–Crippen LogP) is 2.72. The second-order valence-electron chi connectivity index (χ2n) is 2.57. The Hall–Kier alpha value is -1.22. The number of rotatable bonds is 3. The van der Waals surface area contributed by atoms with Crippen LogP contribution >= 0.6 is 11.6 Å². The molecule has 2 rings (SSSR count). The van der Waals surface area contributed by atoms with E-state index in [4.69, 9.17) is 20.4 Å². The fraction of sp³-hybridized carbons (Fsp3) is 0.222. The molecule has 3 nitrogen and oxygen atoms in total. The van der Waals surface area contributed by atoms with Gasteiger partial charge in [-0.1, -0.05) is 0 Å². The SMILES string of the molecule is ClCCc1ncc(-c2ccoc2)o1. The van der Waals surface area contributed by atoms with Gasteiger partial charge in [-0.2, -0.15) is 0 Å². The summed E-state index contributed by atoms with van der Waals surface area (Å²) in [6.07, 6.45) is 5.54. The van der Waals surface area contributed by atoms with E-state index >= 15 is 0 Å². The molecule has 0 N–H and O–H groups in total. The second kappa shape index (κ2) is 3.66. The fourth-order valence-corrected chi connectivity index (χ4v) is 1.21. The van der Waals surface area contributed by atoms with Crippen LogP contribution in [-0.4, -0.2) is 10.9 Å². The van der Waals surface area contributed by atoms with Gasteiger partial charge in [-0.3, -0.25) is 0 Å². The summed E-state index contributed by atoms with van der Waals surface area (Å²) in [5.74, 6) is 1.89. The minimum absolute atomic E-state index is 0.519. The third-order valence-corrected chi connectivity index (χ3v) is 1.86. The van der Waals surface area contributed by atoms with Gasteiger partial charge in [-0.15, -0.1) is 11.6 Å². The maximum atomic E-state index is 5.55. The van der Waals surface area contributed by atoms with Gasteiger partial charge in [0.05, 0.1) is 18.0 Å². The van der Waals surface area contributed by atoms with E-state index in [2.05, 4.69) is 4.98 Å². The summed E-state index contributed by atoms with van der Waals surface area (Å²) in [5.41, 5.74) is 0.897. The zero-order valence-corrected chi connectivity index (χ0v) is 7.62. The van der Waals surface area contributed by atoms with E-state index in [1.54, 1.807) is 18.7 Å². The Bertz CT molecular complexity index is 367. The van der Waals surface area contributed by atoms with Crippen LogP contribution in [0, 0.1) is 0 Å². The summed E-state index contributed by atoms with van der Waals surface area (Å²) >= 11 is 5.55. The lowest BCUT2D eigenvalue weighted by molar-refractivity contribution is 0.512. The highest BCUT2D eigenvalue weighted by atomic mass is 35.5. The summed E-state index contributed by atoms with van der Waals surface area (Å²) in [5, 5.41) is 0. The lowest BCUT2D eigenvalue weighted by Gasteiger charge is -1.88. The quantitative estimate of drug-likeness (QED) is 0.711. The summed E-state index contributed by atoms with van der Waals surface area (Å²) < 4.78 is 10.3. The van der Waals surface area contributed by atoms with Crippen molar-refractivity contribution in [3.8, 4) is 11.3 Å². The Morgan fingerprint density at radius 3 is 3.08 bits per heavy atom. The number of alkyl halides is 1. The largest absolute Gasteiger partial charge is 0.472 e. The third kappa shape index (κ3) is 1.75. The standard InChI is InChI=1S/C9H8ClNO2/c10-3-1-9-11-5-8(13-9)7-2-4-12-6-7/h2,4-6H,1,3H2. The zero-order chi connectivity index (χ0) is 9.10. The van der Waals surface area contributed by atoms with Crippen LogP contribution in [0.25, 0.3) is 11.3 Å². The van der Waals surface area contributed by atoms with Gasteiger partial charge in [0.25, 0.3) is 0 Å². The third-order valence-electron chi connectivity index (χ3n) is 1.67. The van der Waals surface area contributed by atoms with Gasteiger partial charge in [-0.05, 0) is 6.07 Å². The normalized spacial score (nSPS) is 10.5. The van der Waals surface area contributed by atoms with Crippen molar-refractivity contribution in [2.24, 2.45) is 0 Å². The summed E-state index contributed by atoms with van der Waals surface area (Å²) in [4.78, 5) is 4.07. The molecule has 0 saturated heterocycles. The Morgan fingerprint density at radius 2 is 2.38 bits per heavy atom. The average molecular weight is 198 g/mol. The highest BCUT2D eigenvalue weighted by Crippen LogP contribution is 2.20. The van der Waals surface area contributed by atoms with Crippen LogP contribution in [0.2, 0.25) is 0 Å². The van der Waals surface area contributed by atoms with E-state index < -0.39 is 0 Å². The molecule has 0 atom stereocenters. The number of halogens is 1. The van der Waals surface area contributed by atoms with E-state index in [0.717, 1.165) is 5.56 Å². The second-order valence-corrected chi connectivity index (χ2v) is 2.95. The summed E-state index contributed by atoms with van der Waals surface area (Å²) in [6.45, 7) is 0. The average Bonchev–Trinajstić information content (AvgIpc) is 2.70. The number of hydrogen-bond donors (Lipinski definition) is 0. The maximum Gasteiger partial charge on any atom is 0.196 e. The van der Waals surface area contributed by atoms with Crippen molar-refractivity contribution >= 4 is 11.6 Å². The van der Waals surface area contributed by atoms with Crippen LogP contribution in [0.15, 0.2) is 33.6 Å². The molecule has 0 saturated carbocycles. The predicted molar refractivity (Wildman–Crippen MR) is 48.6 cm³/mol. The van der Waals surface area contributed by atoms with Crippen LogP contribution < -0.4 is 0 Å². The van der Waals surface area contributed by atoms with Gasteiger partial charge < -0.3 is 8.83 Å². The molecule has 0 spiro atoms. The molecule has 0 aliphatic heterocycles. The highest BCUT2D eigenvalue weighted by molar-refractivity contribution is 6.17. The minimum Gasteiger partial charge on any atom is -0.472 e. The van der Waals surface area contributed by atoms with E-state index in [-0.39, 0.29) is 0 Å². The van der Waals surface area contributed by atoms with Crippen molar-refractivity contribution in [2.45, 2.75) is 6.42 Å². The summed E-state index contributed by atoms with van der Waals surface area (Å²) in [6, 6.07) is 1.82. The Kier molecular flexibility index (Phi) is 2.36. The molecule has 4 heteroatoms. The van der Waals surface area contributed by atoms with Crippen molar-refractivity contribution in [2.75, 3.05) is 5.88 Å². The molecular weight excluding hydrogens is 190 g/mol. The molecular formula is C9H8ClNO2. The first-order valence-corrected chi connectivity index (χ1v) is 4.47. The molecule has 0 aliphatic rings. The van der Waals surface area contributed by atoms with E-state index in [1.165, 1.54) is 0 Å². The van der Waals surface area contributed by atoms with Crippen LogP contribution in [0.1, 0.15) is 5.89 Å². The molecule has 68 valence electrons. The van der Waals surface area contributed by atoms with E-state index in [9.17, 15) is 0 Å². The lowest BCUT2D eigenvalue weighted by Crippen LogP contribution is -1.83. The number of furan rings is 1. The van der Waals surface area contributed by atoms with Gasteiger partial charge in [0.2, 0.25) is 0 Å². The number of nitrogens with zero attached hydrogens (tertiary/aromatic N) is 1. The van der Waals surface area contributed by atoms with Gasteiger partial charge in [0.15, 0.2) is 11.7 Å². The highest BCUT2D eigenvalue weighted by Gasteiger charge is 2.06. The number of aryl methyl sites for hydroxylation is 1. The smallest absolute Gasteiger partial charge is 0.196 e. The molecule has 0 fully saturated rings. The van der Waals surface area contributed by atoms with Crippen LogP contribution in [0.3, 0.4) is 0 Å². The van der Waals surface area contributed by atoms with Crippen molar-refractivity contribution in [3.63, 3.8) is 0 Å². The molecule has 2 aromatic heterocycles. The van der Waals surface area contributed by atoms with E-state index in [0.29, 0.717) is 24.0 Å². The first-order valence-electron chi connectivity index (χ1n) is 3.93. The van der Waals surface area contributed by atoms with Crippen molar-refractivity contribution in [1.82, 2.24) is 4.98 Å². The molecule has 0 amide bonds. The van der Waals surface area contributed by atoms with Crippen LogP contribution in [0.4, 0.5) is 0 Å². The minimum atomic E-state index is 0.519. The molecule has 2 heterocycles. The first-order chi connectivity index (χ1) is 6.40. The molecule has 2 aromatic rings. The lowest BCUT2D eigenvalue weighted by atomic mass is 10.3. The number of hydrogen-bond acceptors (Lipinski definition) is 3. The molecule has 0 unspecified atom stereocenters.